The molecular weight excluding hydrogens is 354 g/mol. The number of methoxy groups -OCH3 is 1. The maximum atomic E-state index is 12.6. The van der Waals surface area contributed by atoms with Crippen LogP contribution in [0.1, 0.15) is 32.8 Å². The van der Waals surface area contributed by atoms with Gasteiger partial charge in [-0.1, -0.05) is 30.3 Å². The number of hydrogen-bond acceptors (Lipinski definition) is 7. The van der Waals surface area contributed by atoms with E-state index in [0.717, 1.165) is 10.5 Å². The van der Waals surface area contributed by atoms with Crippen molar-refractivity contribution < 1.29 is 33.7 Å². The fourth-order valence-corrected chi connectivity index (χ4v) is 2.89. The summed E-state index contributed by atoms with van der Waals surface area (Å²) in [7, 11) is 1.18. The van der Waals surface area contributed by atoms with Crippen molar-refractivity contribution in [3.05, 3.63) is 35.9 Å². The smallest absolute Gasteiger partial charge is 0.412 e. The van der Waals surface area contributed by atoms with Gasteiger partial charge in [0.1, 0.15) is 24.5 Å². The highest BCUT2D eigenvalue weighted by Gasteiger charge is 2.53. The maximum Gasteiger partial charge on any atom is 0.412 e. The molecule has 3 atom stereocenters. The van der Waals surface area contributed by atoms with Crippen LogP contribution in [0.3, 0.4) is 0 Å². The summed E-state index contributed by atoms with van der Waals surface area (Å²) in [4.78, 5) is 38.1. The van der Waals surface area contributed by atoms with Crippen molar-refractivity contribution in [1.29, 1.82) is 0 Å². The molecule has 2 rings (SSSR count). The molecule has 1 aromatic carbocycles. The van der Waals surface area contributed by atoms with E-state index in [1.54, 1.807) is 45.0 Å². The van der Waals surface area contributed by atoms with Crippen LogP contribution in [-0.2, 0) is 30.4 Å². The number of esters is 2. The van der Waals surface area contributed by atoms with Gasteiger partial charge in [-0.2, -0.15) is 0 Å². The van der Waals surface area contributed by atoms with E-state index in [1.807, 2.05) is 6.07 Å². The SMILES string of the molecule is COC(=O)[C@@H]1C[C@@H](O)N(C(=O)OCc2ccccc2)[C@@H]1C(=O)OC(C)(C)C. The summed E-state index contributed by atoms with van der Waals surface area (Å²) in [6.07, 6.45) is -2.42. The Morgan fingerprint density at radius 1 is 1.15 bits per heavy atom. The van der Waals surface area contributed by atoms with Crippen molar-refractivity contribution in [3.63, 3.8) is 0 Å². The van der Waals surface area contributed by atoms with Crippen LogP contribution < -0.4 is 0 Å². The zero-order valence-corrected chi connectivity index (χ0v) is 15.9. The molecule has 1 saturated heterocycles. The van der Waals surface area contributed by atoms with Gasteiger partial charge in [-0.3, -0.25) is 9.69 Å². The molecule has 0 radical (unpaired) electrons. The van der Waals surface area contributed by atoms with Gasteiger partial charge in [0.15, 0.2) is 0 Å². The Kier molecular flexibility index (Phi) is 6.43. The number of likely N-dealkylation sites (tertiary alicyclic amines) is 1. The lowest BCUT2D eigenvalue weighted by Gasteiger charge is -2.29. The number of hydrogen-bond donors (Lipinski definition) is 1. The highest BCUT2D eigenvalue weighted by Crippen LogP contribution is 2.32. The molecule has 1 aromatic rings. The van der Waals surface area contributed by atoms with Gasteiger partial charge in [0, 0.05) is 6.42 Å². The first-order valence-corrected chi connectivity index (χ1v) is 8.62. The van der Waals surface area contributed by atoms with Gasteiger partial charge in [-0.25, -0.2) is 9.59 Å². The van der Waals surface area contributed by atoms with Gasteiger partial charge in [0.2, 0.25) is 0 Å². The number of aliphatic hydroxyl groups is 1. The first-order chi connectivity index (χ1) is 12.6. The molecule has 0 unspecified atom stereocenters. The minimum Gasteiger partial charge on any atom is -0.469 e. The van der Waals surface area contributed by atoms with Crippen molar-refractivity contribution in [3.8, 4) is 0 Å². The van der Waals surface area contributed by atoms with Gasteiger partial charge in [-0.05, 0) is 26.3 Å². The molecule has 1 fully saturated rings. The van der Waals surface area contributed by atoms with Gasteiger partial charge < -0.3 is 19.3 Å². The molecule has 1 aliphatic rings. The van der Waals surface area contributed by atoms with Crippen molar-refractivity contribution in [2.75, 3.05) is 7.11 Å². The van der Waals surface area contributed by atoms with Crippen LogP contribution in [0.2, 0.25) is 0 Å². The topological polar surface area (TPSA) is 102 Å². The number of aliphatic hydroxyl groups excluding tert-OH is 1. The van der Waals surface area contributed by atoms with Crippen LogP contribution in [0.15, 0.2) is 30.3 Å². The quantitative estimate of drug-likeness (QED) is 0.629. The standard InChI is InChI=1S/C19H25NO7/c1-19(2,3)27-17(23)15-13(16(22)25-4)10-14(21)20(15)18(24)26-11-12-8-6-5-7-9-12/h5-9,13-15,21H,10-11H2,1-4H3/t13-,14-,15+/m1/s1. The van der Waals surface area contributed by atoms with Crippen molar-refractivity contribution in [2.45, 2.75) is 51.7 Å². The van der Waals surface area contributed by atoms with E-state index in [9.17, 15) is 19.5 Å². The molecule has 0 saturated carbocycles. The maximum absolute atomic E-state index is 12.6. The molecule has 8 nitrogen and oxygen atoms in total. The molecule has 0 bridgehead atoms. The molecule has 0 spiro atoms. The number of carbonyl (C=O) groups is 3. The molecule has 1 amide bonds. The first-order valence-electron chi connectivity index (χ1n) is 8.62. The lowest BCUT2D eigenvalue weighted by Crippen LogP contribution is -2.50. The van der Waals surface area contributed by atoms with E-state index in [0.29, 0.717) is 0 Å². The van der Waals surface area contributed by atoms with E-state index < -0.39 is 41.8 Å². The van der Waals surface area contributed by atoms with E-state index in [2.05, 4.69) is 0 Å². The van der Waals surface area contributed by atoms with Crippen LogP contribution in [0.4, 0.5) is 4.79 Å². The number of benzene rings is 1. The third-order valence-electron chi connectivity index (χ3n) is 4.03. The Labute approximate surface area is 158 Å². The lowest BCUT2D eigenvalue weighted by atomic mass is 10.00. The third kappa shape index (κ3) is 5.19. The molecule has 148 valence electrons. The lowest BCUT2D eigenvalue weighted by molar-refractivity contribution is -0.166. The summed E-state index contributed by atoms with van der Waals surface area (Å²) in [6, 6.07) is 7.65. The second-order valence-corrected chi connectivity index (χ2v) is 7.27. The highest BCUT2D eigenvalue weighted by atomic mass is 16.6. The predicted molar refractivity (Wildman–Crippen MR) is 94.2 cm³/mol. The van der Waals surface area contributed by atoms with Crippen LogP contribution in [0, 0.1) is 5.92 Å². The zero-order valence-electron chi connectivity index (χ0n) is 15.9. The molecule has 1 heterocycles. The van der Waals surface area contributed by atoms with E-state index in [4.69, 9.17) is 14.2 Å². The average molecular weight is 379 g/mol. The van der Waals surface area contributed by atoms with Crippen molar-refractivity contribution >= 4 is 18.0 Å². The van der Waals surface area contributed by atoms with Gasteiger partial charge in [0.05, 0.1) is 13.0 Å². The first kappa shape index (κ1) is 20.7. The van der Waals surface area contributed by atoms with E-state index in [-0.39, 0.29) is 13.0 Å². The number of amides is 1. The number of nitrogens with zero attached hydrogens (tertiary/aromatic N) is 1. The Balaban J connectivity index is 2.20. The monoisotopic (exact) mass is 379 g/mol. The van der Waals surface area contributed by atoms with Gasteiger partial charge in [-0.15, -0.1) is 0 Å². The summed E-state index contributed by atoms with van der Waals surface area (Å²) in [5.74, 6) is -2.54. The largest absolute Gasteiger partial charge is 0.469 e. The fraction of sp³-hybridized carbons (Fsp3) is 0.526. The molecule has 8 heteroatoms. The minimum absolute atomic E-state index is 0.0349. The number of ether oxygens (including phenoxy) is 3. The molecule has 0 aliphatic carbocycles. The molecule has 0 aromatic heterocycles. The van der Waals surface area contributed by atoms with Crippen LogP contribution in [-0.4, -0.2) is 53.0 Å². The third-order valence-corrected chi connectivity index (χ3v) is 4.03. The fourth-order valence-electron chi connectivity index (χ4n) is 2.89. The Morgan fingerprint density at radius 2 is 1.78 bits per heavy atom. The number of rotatable bonds is 4. The van der Waals surface area contributed by atoms with Gasteiger partial charge in [0.25, 0.3) is 0 Å². The Morgan fingerprint density at radius 3 is 2.33 bits per heavy atom. The van der Waals surface area contributed by atoms with Crippen LogP contribution >= 0.6 is 0 Å². The van der Waals surface area contributed by atoms with Crippen molar-refractivity contribution in [2.24, 2.45) is 5.92 Å². The van der Waals surface area contributed by atoms with E-state index in [1.165, 1.54) is 7.11 Å². The van der Waals surface area contributed by atoms with E-state index >= 15 is 0 Å². The van der Waals surface area contributed by atoms with Crippen LogP contribution in [0.25, 0.3) is 0 Å². The van der Waals surface area contributed by atoms with Gasteiger partial charge >= 0.3 is 18.0 Å². The van der Waals surface area contributed by atoms with Crippen molar-refractivity contribution in [1.82, 2.24) is 4.90 Å². The summed E-state index contributed by atoms with van der Waals surface area (Å²) in [5, 5.41) is 10.3. The molecular formula is C19H25NO7. The summed E-state index contributed by atoms with van der Waals surface area (Å²) < 4.78 is 15.3. The Bertz CT molecular complexity index is 683. The summed E-state index contributed by atoms with van der Waals surface area (Å²) >= 11 is 0. The predicted octanol–water partition coefficient (Wildman–Crippen LogP) is 1.85. The molecule has 27 heavy (non-hydrogen) atoms. The molecule has 1 aliphatic heterocycles. The second kappa shape index (κ2) is 8.39. The zero-order chi connectivity index (χ0) is 20.2. The summed E-state index contributed by atoms with van der Waals surface area (Å²) in [6.45, 7) is 4.97. The number of carbonyl (C=O) groups excluding carboxylic acids is 3. The summed E-state index contributed by atoms with van der Waals surface area (Å²) in [5.41, 5.74) is -0.0804. The normalized spacial score (nSPS) is 22.3. The molecule has 1 N–H and O–H groups in total. The highest BCUT2D eigenvalue weighted by molar-refractivity contribution is 5.89. The minimum atomic E-state index is -1.37. The average Bonchev–Trinajstić information content (AvgIpc) is 2.96. The second-order valence-electron chi connectivity index (χ2n) is 7.27. The van der Waals surface area contributed by atoms with Crippen LogP contribution in [0.5, 0.6) is 0 Å². The Hall–Kier alpha value is -2.61.